The van der Waals surface area contributed by atoms with Gasteiger partial charge in [0.25, 0.3) is 0 Å². The van der Waals surface area contributed by atoms with Gasteiger partial charge in [-0.3, -0.25) is 4.90 Å². The molecule has 0 unspecified atom stereocenters. The van der Waals surface area contributed by atoms with Gasteiger partial charge < -0.3 is 5.73 Å². The van der Waals surface area contributed by atoms with E-state index in [4.69, 9.17) is 5.73 Å². The Morgan fingerprint density at radius 1 is 1.50 bits per heavy atom. The molecule has 0 spiro atoms. The van der Waals surface area contributed by atoms with Crippen molar-refractivity contribution in [2.24, 2.45) is 5.73 Å². The highest BCUT2D eigenvalue weighted by atomic mass is 79.9. The van der Waals surface area contributed by atoms with E-state index < -0.39 is 0 Å². The number of benzene rings is 1. The summed E-state index contributed by atoms with van der Waals surface area (Å²) in [5, 5.41) is 0. The number of likely N-dealkylation sites (tertiary alicyclic amines) is 1. The highest BCUT2D eigenvalue weighted by molar-refractivity contribution is 9.10. The lowest BCUT2D eigenvalue weighted by Crippen LogP contribution is -2.42. The third-order valence-electron chi connectivity index (χ3n) is 2.93. The zero-order valence-electron chi connectivity index (χ0n) is 9.13. The fourth-order valence-electron chi connectivity index (χ4n) is 2.13. The van der Waals surface area contributed by atoms with Crippen molar-refractivity contribution in [1.29, 1.82) is 0 Å². The van der Waals surface area contributed by atoms with Gasteiger partial charge in [0.1, 0.15) is 5.82 Å². The fraction of sp³-hybridized carbons (Fsp3) is 0.500. The summed E-state index contributed by atoms with van der Waals surface area (Å²) in [6.45, 7) is 2.88. The highest BCUT2D eigenvalue weighted by Crippen LogP contribution is 2.19. The predicted octanol–water partition coefficient (Wildman–Crippen LogP) is 2.51. The van der Waals surface area contributed by atoms with Crippen LogP contribution in [0.3, 0.4) is 0 Å². The number of nitrogens with two attached hydrogens (primary N) is 1. The predicted molar refractivity (Wildman–Crippen MR) is 66.6 cm³/mol. The Hall–Kier alpha value is -0.450. The lowest BCUT2D eigenvalue weighted by atomic mass is 10.1. The third kappa shape index (κ3) is 3.03. The molecule has 1 aliphatic rings. The van der Waals surface area contributed by atoms with Crippen molar-refractivity contribution < 1.29 is 4.39 Å². The molecule has 2 nitrogen and oxygen atoms in total. The molecule has 1 fully saturated rings. The standard InChI is InChI=1S/C12H16BrFN2/c13-11-6-9(3-4-12(11)14)7-16-5-1-2-10(15)8-16/h3-4,6,10H,1-2,5,7-8,15H2/t10-/m1/s1. The molecule has 0 radical (unpaired) electrons. The van der Waals surface area contributed by atoms with Gasteiger partial charge in [0, 0.05) is 19.1 Å². The molecule has 1 atom stereocenters. The Labute approximate surface area is 104 Å². The summed E-state index contributed by atoms with van der Waals surface area (Å²) in [6, 6.07) is 5.47. The van der Waals surface area contributed by atoms with Crippen molar-refractivity contribution in [2.75, 3.05) is 13.1 Å². The second-order valence-electron chi connectivity index (χ2n) is 4.39. The van der Waals surface area contributed by atoms with Gasteiger partial charge in [-0.1, -0.05) is 6.07 Å². The van der Waals surface area contributed by atoms with Crippen molar-refractivity contribution in [3.63, 3.8) is 0 Å². The smallest absolute Gasteiger partial charge is 0.137 e. The van der Waals surface area contributed by atoms with Crippen LogP contribution in [0, 0.1) is 5.82 Å². The molecule has 0 aromatic heterocycles. The Kier molecular flexibility index (Phi) is 3.95. The van der Waals surface area contributed by atoms with Crippen molar-refractivity contribution in [3.8, 4) is 0 Å². The van der Waals surface area contributed by atoms with E-state index in [0.717, 1.165) is 38.0 Å². The lowest BCUT2D eigenvalue weighted by Gasteiger charge is -2.30. The second kappa shape index (κ2) is 5.25. The van der Waals surface area contributed by atoms with Gasteiger partial charge in [-0.2, -0.15) is 0 Å². The molecule has 1 aromatic carbocycles. The molecule has 2 N–H and O–H groups in total. The maximum absolute atomic E-state index is 13.1. The van der Waals surface area contributed by atoms with E-state index in [9.17, 15) is 4.39 Å². The molecule has 4 heteroatoms. The van der Waals surface area contributed by atoms with Crippen LogP contribution in [-0.4, -0.2) is 24.0 Å². The molecule has 1 aliphatic heterocycles. The Morgan fingerprint density at radius 3 is 3.00 bits per heavy atom. The molecular weight excluding hydrogens is 271 g/mol. The van der Waals surface area contributed by atoms with Crippen LogP contribution in [0.4, 0.5) is 4.39 Å². The minimum atomic E-state index is -0.209. The van der Waals surface area contributed by atoms with E-state index in [1.807, 2.05) is 12.1 Å². The second-order valence-corrected chi connectivity index (χ2v) is 5.24. The van der Waals surface area contributed by atoms with E-state index in [1.165, 1.54) is 6.07 Å². The Balaban J connectivity index is 2.00. The molecule has 2 rings (SSSR count). The van der Waals surface area contributed by atoms with Crippen LogP contribution in [0.15, 0.2) is 22.7 Å². The molecule has 0 saturated carbocycles. The maximum Gasteiger partial charge on any atom is 0.137 e. The molecule has 0 bridgehead atoms. The molecule has 1 aromatic rings. The van der Waals surface area contributed by atoms with E-state index in [0.29, 0.717) is 4.47 Å². The van der Waals surface area contributed by atoms with E-state index in [2.05, 4.69) is 20.8 Å². The average Bonchev–Trinajstić information content (AvgIpc) is 2.24. The summed E-state index contributed by atoms with van der Waals surface area (Å²) in [5.74, 6) is -0.209. The Bertz CT molecular complexity index is 370. The number of nitrogens with zero attached hydrogens (tertiary/aromatic N) is 1. The minimum Gasteiger partial charge on any atom is -0.327 e. The van der Waals surface area contributed by atoms with Gasteiger partial charge in [-0.05, 0) is 53.0 Å². The zero-order chi connectivity index (χ0) is 11.5. The number of piperidine rings is 1. The summed E-state index contributed by atoms with van der Waals surface area (Å²) < 4.78 is 13.6. The van der Waals surface area contributed by atoms with Gasteiger partial charge in [-0.25, -0.2) is 4.39 Å². The largest absolute Gasteiger partial charge is 0.327 e. The van der Waals surface area contributed by atoms with Gasteiger partial charge in [0.15, 0.2) is 0 Å². The quantitative estimate of drug-likeness (QED) is 0.905. The summed E-state index contributed by atoms with van der Waals surface area (Å²) in [6.07, 6.45) is 2.27. The van der Waals surface area contributed by atoms with Gasteiger partial charge >= 0.3 is 0 Å². The SMILES string of the molecule is N[C@@H]1CCCN(Cc2ccc(F)c(Br)c2)C1. The Morgan fingerprint density at radius 2 is 2.31 bits per heavy atom. The monoisotopic (exact) mass is 286 g/mol. The normalized spacial score (nSPS) is 22.3. The van der Waals surface area contributed by atoms with Crippen LogP contribution in [0.5, 0.6) is 0 Å². The lowest BCUT2D eigenvalue weighted by molar-refractivity contribution is 0.201. The van der Waals surface area contributed by atoms with Crippen molar-refractivity contribution in [2.45, 2.75) is 25.4 Å². The van der Waals surface area contributed by atoms with Gasteiger partial charge in [0.05, 0.1) is 4.47 Å². The van der Waals surface area contributed by atoms with Crippen LogP contribution in [0.2, 0.25) is 0 Å². The minimum absolute atomic E-state index is 0.209. The molecule has 0 amide bonds. The zero-order valence-corrected chi connectivity index (χ0v) is 10.7. The first kappa shape index (κ1) is 12.0. The van der Waals surface area contributed by atoms with Crippen LogP contribution < -0.4 is 5.73 Å². The fourth-order valence-corrected chi connectivity index (χ4v) is 2.56. The molecule has 16 heavy (non-hydrogen) atoms. The number of hydrogen-bond donors (Lipinski definition) is 1. The summed E-state index contributed by atoms with van der Waals surface area (Å²) in [7, 11) is 0. The average molecular weight is 287 g/mol. The van der Waals surface area contributed by atoms with E-state index >= 15 is 0 Å². The first-order valence-corrected chi connectivity index (χ1v) is 6.36. The van der Waals surface area contributed by atoms with Crippen LogP contribution in [0.25, 0.3) is 0 Å². The molecule has 1 saturated heterocycles. The van der Waals surface area contributed by atoms with E-state index in [-0.39, 0.29) is 11.9 Å². The highest BCUT2D eigenvalue weighted by Gasteiger charge is 2.16. The maximum atomic E-state index is 13.1. The summed E-state index contributed by atoms with van der Waals surface area (Å²) >= 11 is 3.20. The molecular formula is C12H16BrFN2. The van der Waals surface area contributed by atoms with Gasteiger partial charge in [-0.15, -0.1) is 0 Å². The van der Waals surface area contributed by atoms with Gasteiger partial charge in [0.2, 0.25) is 0 Å². The van der Waals surface area contributed by atoms with Crippen LogP contribution in [0.1, 0.15) is 18.4 Å². The number of rotatable bonds is 2. The van der Waals surface area contributed by atoms with Crippen molar-refractivity contribution in [3.05, 3.63) is 34.1 Å². The van der Waals surface area contributed by atoms with Crippen LogP contribution in [-0.2, 0) is 6.54 Å². The third-order valence-corrected chi connectivity index (χ3v) is 3.54. The summed E-state index contributed by atoms with van der Waals surface area (Å²) in [5.41, 5.74) is 7.05. The molecule has 0 aliphatic carbocycles. The van der Waals surface area contributed by atoms with E-state index in [1.54, 1.807) is 0 Å². The molecule has 88 valence electrons. The first-order valence-electron chi connectivity index (χ1n) is 5.57. The van der Waals surface area contributed by atoms with Crippen molar-refractivity contribution >= 4 is 15.9 Å². The number of hydrogen-bond acceptors (Lipinski definition) is 2. The number of halogens is 2. The van der Waals surface area contributed by atoms with Crippen LogP contribution >= 0.6 is 15.9 Å². The first-order chi connectivity index (χ1) is 7.65. The van der Waals surface area contributed by atoms with Crippen molar-refractivity contribution in [1.82, 2.24) is 4.90 Å². The summed E-state index contributed by atoms with van der Waals surface area (Å²) in [4.78, 5) is 2.33. The molecule has 1 heterocycles. The topological polar surface area (TPSA) is 29.3 Å².